The fourth-order valence-electron chi connectivity index (χ4n) is 3.43. The van der Waals surface area contributed by atoms with Crippen molar-refractivity contribution in [3.63, 3.8) is 0 Å². The molecule has 0 bridgehead atoms. The van der Waals surface area contributed by atoms with E-state index in [4.69, 9.17) is 9.47 Å². The molecule has 0 spiro atoms. The van der Waals surface area contributed by atoms with Crippen LogP contribution in [0, 0.1) is 0 Å². The molecule has 7 nitrogen and oxygen atoms in total. The summed E-state index contributed by atoms with van der Waals surface area (Å²) in [5.74, 6) is 0.525. The number of carbonyl (C=O) groups excluding carboxylic acids is 1. The molecule has 0 aliphatic carbocycles. The maximum Gasteiger partial charge on any atom is 0.254 e. The van der Waals surface area contributed by atoms with Gasteiger partial charge in [0.1, 0.15) is 6.10 Å². The highest BCUT2D eigenvalue weighted by molar-refractivity contribution is 5.94. The highest BCUT2D eigenvalue weighted by Crippen LogP contribution is 2.17. The van der Waals surface area contributed by atoms with Crippen LogP contribution in [0.5, 0.6) is 5.88 Å². The van der Waals surface area contributed by atoms with Crippen molar-refractivity contribution in [1.82, 2.24) is 19.8 Å². The largest absolute Gasteiger partial charge is 0.472 e. The van der Waals surface area contributed by atoms with Crippen molar-refractivity contribution >= 4 is 5.91 Å². The normalized spacial score (nSPS) is 20.6. The second-order valence-electron chi connectivity index (χ2n) is 6.92. The van der Waals surface area contributed by atoms with Gasteiger partial charge >= 0.3 is 0 Å². The fourth-order valence-corrected chi connectivity index (χ4v) is 3.43. The Bertz CT molecular complexity index is 757. The van der Waals surface area contributed by atoms with E-state index in [0.717, 1.165) is 26.1 Å². The number of carbonyl (C=O) groups is 1. The first kappa shape index (κ1) is 17.9. The van der Waals surface area contributed by atoms with E-state index >= 15 is 0 Å². The van der Waals surface area contributed by atoms with E-state index in [1.807, 2.05) is 17.2 Å². The van der Waals surface area contributed by atoms with Crippen molar-refractivity contribution < 1.29 is 14.3 Å². The molecule has 2 aromatic rings. The van der Waals surface area contributed by atoms with Crippen LogP contribution in [0.1, 0.15) is 22.3 Å². The number of ether oxygens (including phenoxy) is 2. The van der Waals surface area contributed by atoms with E-state index in [1.54, 1.807) is 24.5 Å². The zero-order chi connectivity index (χ0) is 18.5. The second kappa shape index (κ2) is 8.45. The molecular formula is C20H24N4O3. The summed E-state index contributed by atoms with van der Waals surface area (Å²) in [4.78, 5) is 25.5. The van der Waals surface area contributed by atoms with E-state index in [2.05, 4.69) is 20.9 Å². The summed E-state index contributed by atoms with van der Waals surface area (Å²) in [5, 5.41) is 0. The van der Waals surface area contributed by atoms with Gasteiger partial charge < -0.3 is 14.4 Å². The van der Waals surface area contributed by atoms with E-state index in [-0.39, 0.29) is 12.0 Å². The van der Waals surface area contributed by atoms with E-state index in [9.17, 15) is 4.79 Å². The number of rotatable bonds is 5. The predicted octanol–water partition coefficient (Wildman–Crippen LogP) is 1.60. The van der Waals surface area contributed by atoms with Gasteiger partial charge in [-0.3, -0.25) is 14.7 Å². The molecular weight excluding hydrogens is 344 g/mol. The van der Waals surface area contributed by atoms with Gasteiger partial charge in [0.25, 0.3) is 5.91 Å². The van der Waals surface area contributed by atoms with Gasteiger partial charge in [-0.15, -0.1) is 0 Å². The molecule has 1 atom stereocenters. The van der Waals surface area contributed by atoms with E-state index < -0.39 is 0 Å². The van der Waals surface area contributed by atoms with Crippen molar-refractivity contribution in [1.29, 1.82) is 0 Å². The molecule has 2 aliphatic heterocycles. The summed E-state index contributed by atoms with van der Waals surface area (Å²) >= 11 is 0. The van der Waals surface area contributed by atoms with Crippen LogP contribution in [0.4, 0.5) is 0 Å². The lowest BCUT2D eigenvalue weighted by Gasteiger charge is -2.34. The average Bonchev–Trinajstić information content (AvgIpc) is 3.22. The molecule has 0 radical (unpaired) electrons. The molecule has 2 aromatic heterocycles. The molecule has 0 saturated carbocycles. The number of hydrogen-bond donors (Lipinski definition) is 0. The number of aromatic nitrogens is 2. The first-order valence-electron chi connectivity index (χ1n) is 9.39. The van der Waals surface area contributed by atoms with Gasteiger partial charge in [0.05, 0.1) is 13.2 Å². The lowest BCUT2D eigenvalue weighted by atomic mass is 10.2. The van der Waals surface area contributed by atoms with Crippen LogP contribution in [-0.2, 0) is 11.3 Å². The molecule has 4 heterocycles. The Balaban J connectivity index is 1.32. The molecule has 2 fully saturated rings. The third-order valence-corrected chi connectivity index (χ3v) is 4.95. The smallest absolute Gasteiger partial charge is 0.254 e. The zero-order valence-electron chi connectivity index (χ0n) is 15.3. The number of nitrogens with zero attached hydrogens (tertiary/aromatic N) is 4. The lowest BCUT2D eigenvalue weighted by molar-refractivity contribution is 0.0627. The van der Waals surface area contributed by atoms with Gasteiger partial charge in [-0.1, -0.05) is 6.07 Å². The molecule has 27 heavy (non-hydrogen) atoms. The molecule has 7 heteroatoms. The molecule has 4 rings (SSSR count). The summed E-state index contributed by atoms with van der Waals surface area (Å²) in [6.07, 6.45) is 6.20. The number of hydrogen-bond acceptors (Lipinski definition) is 6. The molecule has 0 aromatic carbocycles. The molecule has 0 N–H and O–H groups in total. The Morgan fingerprint density at radius 1 is 1.22 bits per heavy atom. The maximum absolute atomic E-state index is 12.8. The quantitative estimate of drug-likeness (QED) is 0.799. The Labute approximate surface area is 158 Å². The van der Waals surface area contributed by atoms with Crippen LogP contribution in [0.2, 0.25) is 0 Å². The van der Waals surface area contributed by atoms with Gasteiger partial charge in [-0.25, -0.2) is 4.98 Å². The summed E-state index contributed by atoms with van der Waals surface area (Å²) in [5.41, 5.74) is 1.82. The van der Waals surface area contributed by atoms with Crippen molar-refractivity contribution in [2.24, 2.45) is 0 Å². The van der Waals surface area contributed by atoms with Crippen LogP contribution >= 0.6 is 0 Å². The molecule has 1 unspecified atom stereocenters. The van der Waals surface area contributed by atoms with Crippen molar-refractivity contribution in [2.45, 2.75) is 19.1 Å². The van der Waals surface area contributed by atoms with Crippen molar-refractivity contribution in [3.8, 4) is 5.88 Å². The lowest BCUT2D eigenvalue weighted by Crippen LogP contribution is -2.48. The minimum atomic E-state index is 0.0267. The van der Waals surface area contributed by atoms with Gasteiger partial charge in [-0.05, 0) is 17.7 Å². The molecule has 142 valence electrons. The first-order valence-corrected chi connectivity index (χ1v) is 9.39. The minimum Gasteiger partial charge on any atom is -0.472 e. The average molecular weight is 368 g/mol. The Hall–Kier alpha value is -2.51. The Kier molecular flexibility index (Phi) is 5.60. The summed E-state index contributed by atoms with van der Waals surface area (Å²) < 4.78 is 11.1. The van der Waals surface area contributed by atoms with Gasteiger partial charge in [0.15, 0.2) is 0 Å². The van der Waals surface area contributed by atoms with E-state index in [1.165, 1.54) is 5.56 Å². The Morgan fingerprint density at radius 3 is 2.85 bits per heavy atom. The summed E-state index contributed by atoms with van der Waals surface area (Å²) in [6.45, 7) is 5.31. The van der Waals surface area contributed by atoms with Crippen molar-refractivity contribution in [2.75, 3.05) is 39.4 Å². The second-order valence-corrected chi connectivity index (χ2v) is 6.92. The highest BCUT2D eigenvalue weighted by atomic mass is 16.5. The van der Waals surface area contributed by atoms with Crippen LogP contribution in [0.25, 0.3) is 0 Å². The van der Waals surface area contributed by atoms with Crippen LogP contribution in [0.15, 0.2) is 42.9 Å². The monoisotopic (exact) mass is 368 g/mol. The first-order chi connectivity index (χ1) is 13.3. The molecule has 2 aliphatic rings. The van der Waals surface area contributed by atoms with Gasteiger partial charge in [-0.2, -0.15) is 0 Å². The van der Waals surface area contributed by atoms with Gasteiger partial charge in [0, 0.05) is 69.4 Å². The molecule has 2 saturated heterocycles. The third kappa shape index (κ3) is 4.61. The third-order valence-electron chi connectivity index (χ3n) is 4.95. The van der Waals surface area contributed by atoms with Crippen molar-refractivity contribution in [3.05, 3.63) is 54.0 Å². The van der Waals surface area contributed by atoms with Gasteiger partial charge in [0.2, 0.25) is 5.88 Å². The predicted molar refractivity (Wildman–Crippen MR) is 99.5 cm³/mol. The summed E-state index contributed by atoms with van der Waals surface area (Å²) in [6, 6.07) is 7.53. The van der Waals surface area contributed by atoms with E-state index in [0.29, 0.717) is 37.7 Å². The molecule has 1 amide bonds. The minimum absolute atomic E-state index is 0.0267. The summed E-state index contributed by atoms with van der Waals surface area (Å²) in [7, 11) is 0. The number of piperazine rings is 1. The van der Waals surface area contributed by atoms with Crippen LogP contribution < -0.4 is 4.74 Å². The standard InChI is InChI=1S/C20H24N4O3/c25-20(17-3-6-22-19(12-17)27-18-4-11-26-15-18)24-9-7-23(8-10-24)14-16-2-1-5-21-13-16/h1-3,5-6,12-13,18H,4,7-11,14-15H2. The maximum atomic E-state index is 12.8. The SMILES string of the molecule is O=C(c1ccnc(OC2CCOC2)c1)N1CCN(Cc2cccnc2)CC1. The topological polar surface area (TPSA) is 67.8 Å². The fraction of sp³-hybridized carbons (Fsp3) is 0.450. The number of pyridine rings is 2. The van der Waals surface area contributed by atoms with Crippen LogP contribution in [0.3, 0.4) is 0 Å². The zero-order valence-corrected chi connectivity index (χ0v) is 15.3. The highest BCUT2D eigenvalue weighted by Gasteiger charge is 2.23. The Morgan fingerprint density at radius 2 is 2.11 bits per heavy atom. The number of amides is 1. The van der Waals surface area contributed by atoms with Crippen LogP contribution in [-0.4, -0.2) is 71.2 Å².